The lowest BCUT2D eigenvalue weighted by atomic mass is 10.1. The first kappa shape index (κ1) is 13.4. The maximum absolute atomic E-state index is 12.7. The monoisotopic (exact) mass is 275 g/mol. The van der Waals surface area contributed by atoms with Crippen molar-refractivity contribution in [1.82, 2.24) is 15.2 Å². The van der Waals surface area contributed by atoms with Gasteiger partial charge in [-0.15, -0.1) is 0 Å². The summed E-state index contributed by atoms with van der Waals surface area (Å²) in [7, 11) is 0. The number of hydrogen-bond donors (Lipinski definition) is 2. The second-order valence-corrected chi connectivity index (χ2v) is 5.88. The second-order valence-electron chi connectivity index (χ2n) is 5.88. The van der Waals surface area contributed by atoms with Gasteiger partial charge >= 0.3 is 0 Å². The van der Waals surface area contributed by atoms with Gasteiger partial charge < -0.3 is 15.2 Å². The fourth-order valence-corrected chi connectivity index (χ4v) is 2.89. The second kappa shape index (κ2) is 5.40. The summed E-state index contributed by atoms with van der Waals surface area (Å²) in [5.74, 6) is 0.0509. The van der Waals surface area contributed by atoms with Crippen molar-refractivity contribution in [3.8, 4) is 0 Å². The maximum Gasteiger partial charge on any atom is 0.255 e. The number of aromatic nitrogens is 1. The molecule has 1 aromatic rings. The Bertz CT molecular complexity index is 556. The van der Waals surface area contributed by atoms with E-state index in [-0.39, 0.29) is 11.5 Å². The minimum absolute atomic E-state index is 0.0509. The van der Waals surface area contributed by atoms with E-state index < -0.39 is 0 Å². The molecule has 0 unspecified atom stereocenters. The Labute approximate surface area is 118 Å². The molecule has 108 valence electrons. The first-order valence-corrected chi connectivity index (χ1v) is 7.39. The number of amides is 1. The first-order valence-electron chi connectivity index (χ1n) is 7.39. The van der Waals surface area contributed by atoms with Gasteiger partial charge in [0.15, 0.2) is 0 Å². The first-order chi connectivity index (χ1) is 9.65. The molecular formula is C15H21N3O2. The minimum atomic E-state index is -0.158. The molecule has 20 heavy (non-hydrogen) atoms. The van der Waals surface area contributed by atoms with Gasteiger partial charge in [-0.25, -0.2) is 0 Å². The molecule has 0 radical (unpaired) electrons. The third-order valence-electron chi connectivity index (χ3n) is 4.19. The van der Waals surface area contributed by atoms with Crippen LogP contribution in [0.4, 0.5) is 0 Å². The number of hydrogen-bond acceptors (Lipinski definition) is 3. The quantitative estimate of drug-likeness (QED) is 0.863. The number of aromatic amines is 1. The van der Waals surface area contributed by atoms with Crippen LogP contribution in [0, 0.1) is 6.92 Å². The van der Waals surface area contributed by atoms with Crippen LogP contribution in [0.15, 0.2) is 17.1 Å². The van der Waals surface area contributed by atoms with E-state index in [0.717, 1.165) is 37.9 Å². The fraction of sp³-hybridized carbons (Fsp3) is 0.600. The Morgan fingerprint density at radius 2 is 2.20 bits per heavy atom. The summed E-state index contributed by atoms with van der Waals surface area (Å²) in [6.07, 6.45) is 6.08. The van der Waals surface area contributed by atoms with Crippen molar-refractivity contribution < 1.29 is 4.79 Å². The highest BCUT2D eigenvalue weighted by Crippen LogP contribution is 2.29. The van der Waals surface area contributed by atoms with Crippen LogP contribution in [0.2, 0.25) is 0 Å². The van der Waals surface area contributed by atoms with Crippen LogP contribution >= 0.6 is 0 Å². The molecule has 1 aromatic heterocycles. The fourth-order valence-electron chi connectivity index (χ4n) is 2.89. The third-order valence-corrected chi connectivity index (χ3v) is 4.19. The van der Waals surface area contributed by atoms with E-state index in [0.29, 0.717) is 17.6 Å². The van der Waals surface area contributed by atoms with E-state index in [1.165, 1.54) is 12.5 Å². The zero-order valence-electron chi connectivity index (χ0n) is 11.8. The number of nitrogens with zero attached hydrogens (tertiary/aromatic N) is 1. The summed E-state index contributed by atoms with van der Waals surface area (Å²) in [5.41, 5.74) is 1.22. The lowest BCUT2D eigenvalue weighted by Gasteiger charge is -2.26. The van der Waals surface area contributed by atoms with Crippen LogP contribution in [-0.4, -0.2) is 41.0 Å². The Kier molecular flexibility index (Phi) is 3.61. The zero-order valence-corrected chi connectivity index (χ0v) is 11.8. The van der Waals surface area contributed by atoms with Crippen molar-refractivity contribution in [3.05, 3.63) is 33.7 Å². The van der Waals surface area contributed by atoms with Crippen molar-refractivity contribution in [2.45, 2.75) is 44.7 Å². The summed E-state index contributed by atoms with van der Waals surface area (Å²) in [5, 5.41) is 3.45. The molecule has 5 heteroatoms. The van der Waals surface area contributed by atoms with Crippen LogP contribution in [0.3, 0.4) is 0 Å². The number of rotatable bonds is 4. The molecule has 0 aromatic carbocycles. The highest BCUT2D eigenvalue weighted by atomic mass is 16.2. The number of H-pyrrole nitrogens is 1. The third kappa shape index (κ3) is 2.77. The van der Waals surface area contributed by atoms with Gasteiger partial charge in [0.25, 0.3) is 5.91 Å². The molecule has 2 fully saturated rings. The van der Waals surface area contributed by atoms with Gasteiger partial charge in [-0.2, -0.15) is 0 Å². The van der Waals surface area contributed by atoms with Gasteiger partial charge in [-0.05, 0) is 44.7 Å². The molecule has 2 heterocycles. The molecule has 5 nitrogen and oxygen atoms in total. The van der Waals surface area contributed by atoms with Gasteiger partial charge in [-0.1, -0.05) is 0 Å². The minimum Gasteiger partial charge on any atom is -0.334 e. The SMILES string of the molecule is Cc1cc(=O)[nH]cc1C(=O)N(C[C@H]1CCCN1)C1CC1. The van der Waals surface area contributed by atoms with Crippen molar-refractivity contribution >= 4 is 5.91 Å². The molecule has 1 saturated heterocycles. The normalized spacial score (nSPS) is 21.9. The number of pyridine rings is 1. The van der Waals surface area contributed by atoms with Crippen molar-refractivity contribution in [3.63, 3.8) is 0 Å². The molecular weight excluding hydrogens is 254 g/mol. The lowest BCUT2D eigenvalue weighted by molar-refractivity contribution is 0.0727. The molecule has 1 amide bonds. The zero-order chi connectivity index (χ0) is 14.1. The van der Waals surface area contributed by atoms with Crippen LogP contribution < -0.4 is 10.9 Å². The summed E-state index contributed by atoms with van der Waals surface area (Å²) in [6, 6.07) is 2.30. The number of nitrogens with one attached hydrogen (secondary N) is 2. The summed E-state index contributed by atoms with van der Waals surface area (Å²) in [6.45, 7) is 3.65. The van der Waals surface area contributed by atoms with Crippen LogP contribution in [-0.2, 0) is 0 Å². The Hall–Kier alpha value is -1.62. The van der Waals surface area contributed by atoms with Crippen molar-refractivity contribution in [1.29, 1.82) is 0 Å². The average molecular weight is 275 g/mol. The van der Waals surface area contributed by atoms with Crippen LogP contribution in [0.5, 0.6) is 0 Å². The largest absolute Gasteiger partial charge is 0.334 e. The number of aryl methyl sites for hydroxylation is 1. The topological polar surface area (TPSA) is 65.2 Å². The van der Waals surface area contributed by atoms with E-state index in [9.17, 15) is 9.59 Å². The molecule has 0 spiro atoms. The molecule has 2 aliphatic rings. The van der Waals surface area contributed by atoms with Crippen molar-refractivity contribution in [2.75, 3.05) is 13.1 Å². The highest BCUT2D eigenvalue weighted by molar-refractivity contribution is 5.95. The van der Waals surface area contributed by atoms with Gasteiger partial charge in [0.05, 0.1) is 5.56 Å². The van der Waals surface area contributed by atoms with Gasteiger partial charge in [-0.3, -0.25) is 9.59 Å². The number of carbonyl (C=O) groups excluding carboxylic acids is 1. The van der Waals surface area contributed by atoms with E-state index in [2.05, 4.69) is 10.3 Å². The van der Waals surface area contributed by atoms with E-state index in [1.54, 1.807) is 6.20 Å². The lowest BCUT2D eigenvalue weighted by Crippen LogP contribution is -2.42. The Balaban J connectivity index is 1.79. The summed E-state index contributed by atoms with van der Waals surface area (Å²) >= 11 is 0. The summed E-state index contributed by atoms with van der Waals surface area (Å²) in [4.78, 5) is 28.6. The molecule has 1 saturated carbocycles. The predicted molar refractivity (Wildman–Crippen MR) is 76.9 cm³/mol. The summed E-state index contributed by atoms with van der Waals surface area (Å²) < 4.78 is 0. The van der Waals surface area contributed by atoms with E-state index in [1.807, 2.05) is 11.8 Å². The van der Waals surface area contributed by atoms with Crippen LogP contribution in [0.25, 0.3) is 0 Å². The molecule has 2 N–H and O–H groups in total. The molecule has 1 atom stereocenters. The standard InChI is InChI=1S/C15H21N3O2/c1-10-7-14(19)17-8-13(10)15(20)18(12-4-5-12)9-11-3-2-6-16-11/h7-8,11-12,16H,2-6,9H2,1H3,(H,17,19)/t11-/m1/s1. The molecule has 3 rings (SSSR count). The smallest absolute Gasteiger partial charge is 0.255 e. The van der Waals surface area contributed by atoms with E-state index >= 15 is 0 Å². The Morgan fingerprint density at radius 1 is 1.40 bits per heavy atom. The maximum atomic E-state index is 12.7. The molecule has 0 bridgehead atoms. The van der Waals surface area contributed by atoms with Crippen molar-refractivity contribution in [2.24, 2.45) is 0 Å². The molecule has 1 aliphatic carbocycles. The highest BCUT2D eigenvalue weighted by Gasteiger charge is 2.35. The van der Waals surface area contributed by atoms with Gasteiger partial charge in [0.2, 0.25) is 5.56 Å². The number of carbonyl (C=O) groups is 1. The van der Waals surface area contributed by atoms with Gasteiger partial charge in [0, 0.05) is 30.9 Å². The molecule has 1 aliphatic heterocycles. The van der Waals surface area contributed by atoms with Crippen LogP contribution in [0.1, 0.15) is 41.6 Å². The van der Waals surface area contributed by atoms with Gasteiger partial charge in [0.1, 0.15) is 0 Å². The predicted octanol–water partition coefficient (Wildman–Crippen LogP) is 1.04. The van der Waals surface area contributed by atoms with E-state index in [4.69, 9.17) is 0 Å². The Morgan fingerprint density at radius 3 is 2.80 bits per heavy atom. The average Bonchev–Trinajstić information content (AvgIpc) is 3.12.